The zero-order chi connectivity index (χ0) is 34.1. The number of carbonyl (C=O) groups excluding carboxylic acids is 1. The second-order valence-corrected chi connectivity index (χ2v) is 12.2. The molecule has 11 atom stereocenters. The molecule has 2 heterocycles. The van der Waals surface area contributed by atoms with Gasteiger partial charge in [-0.1, -0.05) is 50.7 Å². The van der Waals surface area contributed by atoms with E-state index in [1.165, 1.54) is 6.92 Å². The van der Waals surface area contributed by atoms with E-state index in [1.54, 1.807) is 0 Å². The SMILES string of the molecule is CC(=O)OC[C@H]1O[C@@H](OC(C)CCCCCC/C=C\CCCCCCCC(=O)O)[C@H](O[C@@H]2O[C@H](CO)[C@@H](O)[C@H](O)[C@H]2O)[C@@H](O)[C@@H]1O. The monoisotopic (exact) mass is 664 g/mol. The van der Waals surface area contributed by atoms with Gasteiger partial charge in [-0.2, -0.15) is 0 Å². The number of carboxylic acids is 1. The van der Waals surface area contributed by atoms with Crippen LogP contribution in [0.2, 0.25) is 0 Å². The van der Waals surface area contributed by atoms with Crippen LogP contribution in [0, 0.1) is 0 Å². The minimum Gasteiger partial charge on any atom is -0.481 e. The molecule has 2 aliphatic heterocycles. The molecule has 2 fully saturated rings. The lowest BCUT2D eigenvalue weighted by Crippen LogP contribution is -2.65. The first-order valence-electron chi connectivity index (χ1n) is 16.6. The molecule has 1 unspecified atom stereocenters. The van der Waals surface area contributed by atoms with E-state index < -0.39 is 80.0 Å². The summed E-state index contributed by atoms with van der Waals surface area (Å²) in [6, 6.07) is 0. The van der Waals surface area contributed by atoms with Crippen molar-refractivity contribution in [2.75, 3.05) is 13.2 Å². The van der Waals surface area contributed by atoms with Crippen LogP contribution < -0.4 is 0 Å². The van der Waals surface area contributed by atoms with Crippen molar-refractivity contribution in [1.29, 1.82) is 0 Å². The number of aliphatic carboxylic acids is 1. The zero-order valence-electron chi connectivity index (χ0n) is 27.1. The summed E-state index contributed by atoms with van der Waals surface area (Å²) in [5.74, 6) is -1.33. The summed E-state index contributed by atoms with van der Waals surface area (Å²) in [5, 5.41) is 70.4. The van der Waals surface area contributed by atoms with Gasteiger partial charge >= 0.3 is 11.9 Å². The predicted octanol–water partition coefficient (Wildman–Crippen LogP) is 1.30. The van der Waals surface area contributed by atoms with Crippen LogP contribution >= 0.6 is 0 Å². The zero-order valence-corrected chi connectivity index (χ0v) is 27.1. The Morgan fingerprint density at radius 2 is 1.30 bits per heavy atom. The molecule has 2 saturated heterocycles. The number of ether oxygens (including phenoxy) is 5. The minimum atomic E-state index is -1.74. The van der Waals surface area contributed by atoms with Crippen LogP contribution in [0.25, 0.3) is 0 Å². The highest BCUT2D eigenvalue weighted by Crippen LogP contribution is 2.31. The number of esters is 1. The molecular weight excluding hydrogens is 608 g/mol. The summed E-state index contributed by atoms with van der Waals surface area (Å²) in [5.41, 5.74) is 0. The van der Waals surface area contributed by atoms with Gasteiger partial charge < -0.3 is 59.4 Å². The molecular formula is C32H56O14. The average Bonchev–Trinajstić information content (AvgIpc) is 3.01. The van der Waals surface area contributed by atoms with E-state index in [9.17, 15) is 40.2 Å². The van der Waals surface area contributed by atoms with Gasteiger partial charge in [0.15, 0.2) is 12.6 Å². The summed E-state index contributed by atoms with van der Waals surface area (Å²) in [6.45, 7) is 1.99. The topological polar surface area (TPSA) is 222 Å². The number of allylic oxidation sites excluding steroid dienone is 2. The van der Waals surface area contributed by atoms with Gasteiger partial charge in [0.2, 0.25) is 0 Å². The summed E-state index contributed by atoms with van der Waals surface area (Å²) >= 11 is 0. The largest absolute Gasteiger partial charge is 0.481 e. The number of carboxylic acid groups (broad SMARTS) is 1. The molecule has 0 aromatic rings. The standard InChI is InChI=1S/C32H56O14/c1-20(16-14-12-10-8-6-4-3-5-7-9-11-13-15-17-24(35)36)43-32-30(28(40)26(38)23(45-32)19-42-21(2)34)46-31-29(41)27(39)25(37)22(18-33)44-31/h3-4,20,22-23,25-33,37-41H,5-19H2,1-2H3,(H,35,36)/b4-3-/t20?,22-,23-,25-,26-,27+,28+,29-,30-,31+,32-/m1/s1. The Morgan fingerprint density at radius 1 is 0.739 bits per heavy atom. The van der Waals surface area contributed by atoms with Gasteiger partial charge in [0.05, 0.1) is 12.7 Å². The fraction of sp³-hybridized carbons (Fsp3) is 0.875. The number of aliphatic hydroxyl groups is 6. The van der Waals surface area contributed by atoms with Crippen molar-refractivity contribution in [2.24, 2.45) is 0 Å². The first-order valence-corrected chi connectivity index (χ1v) is 16.6. The van der Waals surface area contributed by atoms with Gasteiger partial charge in [0.25, 0.3) is 0 Å². The fourth-order valence-electron chi connectivity index (χ4n) is 5.48. The normalized spacial score (nSPS) is 32.4. The molecule has 0 spiro atoms. The molecule has 268 valence electrons. The summed E-state index contributed by atoms with van der Waals surface area (Å²) in [7, 11) is 0. The van der Waals surface area contributed by atoms with Gasteiger partial charge in [-0.3, -0.25) is 9.59 Å². The molecule has 46 heavy (non-hydrogen) atoms. The highest BCUT2D eigenvalue weighted by molar-refractivity contribution is 5.66. The van der Waals surface area contributed by atoms with Crippen LogP contribution in [0.1, 0.15) is 97.3 Å². The van der Waals surface area contributed by atoms with Crippen molar-refractivity contribution in [2.45, 2.75) is 165 Å². The average molecular weight is 665 g/mol. The second kappa shape index (κ2) is 22.0. The third-order valence-corrected chi connectivity index (χ3v) is 8.26. The summed E-state index contributed by atoms with van der Waals surface area (Å²) < 4.78 is 28.1. The van der Waals surface area contributed by atoms with E-state index in [1.807, 2.05) is 6.92 Å². The third-order valence-electron chi connectivity index (χ3n) is 8.26. The predicted molar refractivity (Wildman–Crippen MR) is 163 cm³/mol. The number of aliphatic hydroxyl groups excluding tert-OH is 6. The smallest absolute Gasteiger partial charge is 0.303 e. The number of carbonyl (C=O) groups is 2. The highest BCUT2D eigenvalue weighted by Gasteiger charge is 2.51. The van der Waals surface area contributed by atoms with E-state index in [2.05, 4.69) is 12.2 Å². The van der Waals surface area contributed by atoms with Crippen molar-refractivity contribution in [1.82, 2.24) is 0 Å². The van der Waals surface area contributed by atoms with Crippen LogP contribution in [0.4, 0.5) is 0 Å². The van der Waals surface area contributed by atoms with Crippen molar-refractivity contribution in [3.8, 4) is 0 Å². The summed E-state index contributed by atoms with van der Waals surface area (Å²) in [4.78, 5) is 21.9. The molecule has 7 N–H and O–H groups in total. The van der Waals surface area contributed by atoms with E-state index in [0.29, 0.717) is 6.42 Å². The van der Waals surface area contributed by atoms with Crippen LogP contribution in [0.15, 0.2) is 12.2 Å². The van der Waals surface area contributed by atoms with Crippen LogP contribution in [-0.4, -0.2) is 128 Å². The van der Waals surface area contributed by atoms with E-state index >= 15 is 0 Å². The maximum atomic E-state index is 11.3. The van der Waals surface area contributed by atoms with Gasteiger partial charge in [0.1, 0.15) is 55.4 Å². The number of hydrogen-bond acceptors (Lipinski definition) is 13. The van der Waals surface area contributed by atoms with Gasteiger partial charge in [-0.15, -0.1) is 0 Å². The van der Waals surface area contributed by atoms with Gasteiger partial charge in [0, 0.05) is 13.3 Å². The molecule has 0 saturated carbocycles. The van der Waals surface area contributed by atoms with Crippen LogP contribution in [0.3, 0.4) is 0 Å². The maximum absolute atomic E-state index is 11.3. The van der Waals surface area contributed by atoms with E-state index in [0.717, 1.165) is 70.6 Å². The third kappa shape index (κ3) is 14.2. The highest BCUT2D eigenvalue weighted by atomic mass is 16.8. The maximum Gasteiger partial charge on any atom is 0.303 e. The lowest BCUT2D eigenvalue weighted by Gasteiger charge is -2.46. The molecule has 0 aromatic heterocycles. The number of unbranched alkanes of at least 4 members (excludes halogenated alkanes) is 9. The Bertz CT molecular complexity index is 885. The first-order chi connectivity index (χ1) is 22.0. The van der Waals surface area contributed by atoms with Crippen molar-refractivity contribution >= 4 is 11.9 Å². The van der Waals surface area contributed by atoms with Crippen molar-refractivity contribution < 1.29 is 69.0 Å². The van der Waals surface area contributed by atoms with Crippen molar-refractivity contribution in [3.05, 3.63) is 12.2 Å². The minimum absolute atomic E-state index is 0.249. The molecule has 0 aliphatic carbocycles. The Kier molecular flexibility index (Phi) is 19.4. The summed E-state index contributed by atoms with van der Waals surface area (Å²) in [6.07, 6.45) is 1.03. The molecule has 0 aromatic carbocycles. The lowest BCUT2D eigenvalue weighted by atomic mass is 9.97. The fourth-order valence-corrected chi connectivity index (χ4v) is 5.48. The van der Waals surface area contributed by atoms with Crippen LogP contribution in [-0.2, 0) is 33.3 Å². The van der Waals surface area contributed by atoms with Gasteiger partial charge in [-0.25, -0.2) is 0 Å². The molecule has 14 heteroatoms. The molecule has 2 rings (SSSR count). The molecule has 0 amide bonds. The Labute approximate surface area is 271 Å². The van der Waals surface area contributed by atoms with Crippen molar-refractivity contribution in [3.63, 3.8) is 0 Å². The van der Waals surface area contributed by atoms with Gasteiger partial charge in [-0.05, 0) is 45.4 Å². The first kappa shape index (κ1) is 40.5. The Hall–Kier alpha value is -1.72. The quantitative estimate of drug-likeness (QED) is 0.0493. The molecule has 0 radical (unpaired) electrons. The molecule has 2 aliphatic rings. The molecule has 14 nitrogen and oxygen atoms in total. The molecule has 0 bridgehead atoms. The van der Waals surface area contributed by atoms with E-state index in [4.69, 9.17) is 28.8 Å². The number of rotatable bonds is 22. The lowest BCUT2D eigenvalue weighted by molar-refractivity contribution is -0.371. The Morgan fingerprint density at radius 3 is 1.91 bits per heavy atom. The van der Waals surface area contributed by atoms with E-state index in [-0.39, 0.29) is 19.1 Å². The second-order valence-electron chi connectivity index (χ2n) is 12.2. The Balaban J connectivity index is 1.79. The number of hydrogen-bond donors (Lipinski definition) is 7. The van der Waals surface area contributed by atoms with Crippen LogP contribution in [0.5, 0.6) is 0 Å².